The summed E-state index contributed by atoms with van der Waals surface area (Å²) in [5.41, 5.74) is 1.21. The summed E-state index contributed by atoms with van der Waals surface area (Å²) in [7, 11) is 0. The van der Waals surface area contributed by atoms with E-state index in [1.807, 2.05) is 37.3 Å². The topological polar surface area (TPSA) is 71.1 Å². The molecule has 0 bridgehead atoms. The van der Waals surface area contributed by atoms with Gasteiger partial charge in [-0.15, -0.1) is 0 Å². The number of aromatic nitrogens is 1. The minimum atomic E-state index is -0.703. The van der Waals surface area contributed by atoms with E-state index in [1.54, 1.807) is 24.4 Å². The number of nitrogens with zero attached hydrogens (tertiary/aromatic N) is 1. The first-order valence-electron chi connectivity index (χ1n) is 7.22. The van der Waals surface area contributed by atoms with Crippen LogP contribution in [0.25, 0.3) is 0 Å². The maximum absolute atomic E-state index is 11.8. The Morgan fingerprint density at radius 2 is 1.77 bits per heavy atom. The molecule has 0 aliphatic carbocycles. The number of hydrogen-bond donors (Lipinski definition) is 2. The number of nitrogens with one attached hydrogen (secondary N) is 2. The number of carbonyl (C=O) groups is 2. The van der Waals surface area contributed by atoms with Gasteiger partial charge in [0.2, 0.25) is 0 Å². The molecular formula is C17H19N3O2. The van der Waals surface area contributed by atoms with Gasteiger partial charge in [0.25, 0.3) is 0 Å². The molecule has 1 heterocycles. The maximum Gasteiger partial charge on any atom is 0.314 e. The normalized spacial score (nSPS) is 11.5. The van der Waals surface area contributed by atoms with Gasteiger partial charge in [-0.2, -0.15) is 0 Å². The van der Waals surface area contributed by atoms with Crippen LogP contribution in [0.3, 0.4) is 0 Å². The van der Waals surface area contributed by atoms with Crippen molar-refractivity contribution >= 4 is 17.6 Å². The lowest BCUT2D eigenvalue weighted by Crippen LogP contribution is -2.40. The summed E-state index contributed by atoms with van der Waals surface area (Å²) in [5.74, 6) is -0.990. The monoisotopic (exact) mass is 297 g/mol. The first-order valence-corrected chi connectivity index (χ1v) is 7.22. The third-order valence-electron chi connectivity index (χ3n) is 3.20. The quantitative estimate of drug-likeness (QED) is 0.831. The van der Waals surface area contributed by atoms with Crippen LogP contribution in [0, 0.1) is 0 Å². The van der Waals surface area contributed by atoms with E-state index in [4.69, 9.17) is 0 Å². The van der Waals surface area contributed by atoms with Gasteiger partial charge in [-0.05, 0) is 37.5 Å². The molecule has 1 aromatic heterocycles. The minimum Gasteiger partial charge on any atom is -0.345 e. The van der Waals surface area contributed by atoms with Crippen LogP contribution in [-0.4, -0.2) is 22.8 Å². The van der Waals surface area contributed by atoms with Gasteiger partial charge in [-0.3, -0.25) is 9.59 Å². The Labute approximate surface area is 129 Å². The Morgan fingerprint density at radius 3 is 2.45 bits per heavy atom. The molecule has 0 saturated heterocycles. The molecule has 1 aromatic carbocycles. The number of benzene rings is 1. The Bertz CT molecular complexity index is 614. The van der Waals surface area contributed by atoms with Gasteiger partial charge >= 0.3 is 11.8 Å². The standard InChI is InChI=1S/C17H19N3O2/c1-13(10-11-14-7-3-2-4-8-14)19-16(21)17(22)20-15-9-5-6-12-18-15/h2-9,12-13H,10-11H2,1H3,(H,19,21)(H,18,20,22)/t13-/m0/s1. The molecular weight excluding hydrogens is 278 g/mol. The van der Waals surface area contributed by atoms with Gasteiger partial charge in [-0.25, -0.2) is 4.98 Å². The zero-order valence-corrected chi connectivity index (χ0v) is 12.5. The van der Waals surface area contributed by atoms with Crippen LogP contribution in [0.5, 0.6) is 0 Å². The van der Waals surface area contributed by atoms with Crippen LogP contribution in [0.2, 0.25) is 0 Å². The highest BCUT2D eigenvalue weighted by atomic mass is 16.2. The summed E-state index contributed by atoms with van der Waals surface area (Å²) in [6.45, 7) is 1.88. The fraction of sp³-hybridized carbons (Fsp3) is 0.235. The summed E-state index contributed by atoms with van der Waals surface area (Å²) < 4.78 is 0. The van der Waals surface area contributed by atoms with E-state index in [1.165, 1.54) is 5.56 Å². The molecule has 114 valence electrons. The van der Waals surface area contributed by atoms with Crippen molar-refractivity contribution in [2.45, 2.75) is 25.8 Å². The summed E-state index contributed by atoms with van der Waals surface area (Å²) >= 11 is 0. The third-order valence-corrected chi connectivity index (χ3v) is 3.20. The van der Waals surface area contributed by atoms with Crippen molar-refractivity contribution in [1.29, 1.82) is 0 Å². The molecule has 2 aromatic rings. The van der Waals surface area contributed by atoms with E-state index < -0.39 is 11.8 Å². The lowest BCUT2D eigenvalue weighted by molar-refractivity contribution is -0.136. The number of pyridine rings is 1. The number of amides is 2. The molecule has 2 amide bonds. The minimum absolute atomic E-state index is 0.0813. The van der Waals surface area contributed by atoms with Crippen molar-refractivity contribution in [3.8, 4) is 0 Å². The predicted octanol–water partition coefficient (Wildman–Crippen LogP) is 2.16. The summed E-state index contributed by atoms with van der Waals surface area (Å²) in [4.78, 5) is 27.5. The zero-order valence-electron chi connectivity index (χ0n) is 12.5. The van der Waals surface area contributed by atoms with Crippen LogP contribution in [0.1, 0.15) is 18.9 Å². The number of aryl methyl sites for hydroxylation is 1. The van der Waals surface area contributed by atoms with Gasteiger partial charge < -0.3 is 10.6 Å². The second kappa shape index (κ2) is 7.93. The van der Waals surface area contributed by atoms with E-state index in [-0.39, 0.29) is 6.04 Å². The number of rotatable bonds is 5. The average Bonchev–Trinajstić information content (AvgIpc) is 2.55. The molecule has 0 spiro atoms. The third kappa shape index (κ3) is 5.01. The first-order chi connectivity index (χ1) is 10.6. The molecule has 0 aliphatic rings. The summed E-state index contributed by atoms with van der Waals surface area (Å²) in [5, 5.41) is 5.15. The molecule has 0 unspecified atom stereocenters. The Balaban J connectivity index is 1.77. The Morgan fingerprint density at radius 1 is 1.05 bits per heavy atom. The van der Waals surface area contributed by atoms with E-state index in [0.717, 1.165) is 12.8 Å². The number of carbonyl (C=O) groups excluding carboxylic acids is 2. The van der Waals surface area contributed by atoms with Crippen LogP contribution < -0.4 is 10.6 Å². The zero-order chi connectivity index (χ0) is 15.8. The predicted molar refractivity (Wildman–Crippen MR) is 85.2 cm³/mol. The lowest BCUT2D eigenvalue weighted by atomic mass is 10.1. The van der Waals surface area contributed by atoms with Crippen molar-refractivity contribution in [2.24, 2.45) is 0 Å². The Kier molecular flexibility index (Phi) is 5.65. The fourth-order valence-electron chi connectivity index (χ4n) is 2.00. The summed E-state index contributed by atoms with van der Waals surface area (Å²) in [6, 6.07) is 15.1. The van der Waals surface area contributed by atoms with Gasteiger partial charge in [-0.1, -0.05) is 36.4 Å². The number of anilines is 1. The second-order valence-electron chi connectivity index (χ2n) is 5.07. The maximum atomic E-state index is 11.8. The van der Waals surface area contributed by atoms with Crippen molar-refractivity contribution in [3.05, 3.63) is 60.3 Å². The molecule has 22 heavy (non-hydrogen) atoms. The largest absolute Gasteiger partial charge is 0.345 e. The van der Waals surface area contributed by atoms with Crippen LogP contribution in [0.15, 0.2) is 54.7 Å². The van der Waals surface area contributed by atoms with E-state index in [2.05, 4.69) is 15.6 Å². The number of hydrogen-bond acceptors (Lipinski definition) is 3. The molecule has 2 rings (SSSR count). The molecule has 0 saturated carbocycles. The lowest BCUT2D eigenvalue weighted by Gasteiger charge is -2.13. The highest BCUT2D eigenvalue weighted by Crippen LogP contribution is 2.05. The molecule has 2 N–H and O–H groups in total. The van der Waals surface area contributed by atoms with Gasteiger partial charge in [0.15, 0.2) is 0 Å². The van der Waals surface area contributed by atoms with E-state index in [0.29, 0.717) is 5.82 Å². The molecule has 5 heteroatoms. The first kappa shape index (κ1) is 15.7. The van der Waals surface area contributed by atoms with Gasteiger partial charge in [0, 0.05) is 12.2 Å². The van der Waals surface area contributed by atoms with E-state index in [9.17, 15) is 9.59 Å². The highest BCUT2D eigenvalue weighted by Gasteiger charge is 2.16. The van der Waals surface area contributed by atoms with Crippen LogP contribution in [-0.2, 0) is 16.0 Å². The SMILES string of the molecule is C[C@@H](CCc1ccccc1)NC(=O)C(=O)Nc1ccccn1. The average molecular weight is 297 g/mol. The molecule has 0 fully saturated rings. The summed E-state index contributed by atoms with van der Waals surface area (Å²) in [6.07, 6.45) is 3.17. The van der Waals surface area contributed by atoms with E-state index >= 15 is 0 Å². The van der Waals surface area contributed by atoms with Crippen molar-refractivity contribution in [1.82, 2.24) is 10.3 Å². The van der Waals surface area contributed by atoms with Crippen LogP contribution >= 0.6 is 0 Å². The van der Waals surface area contributed by atoms with Gasteiger partial charge in [0.1, 0.15) is 5.82 Å². The molecule has 5 nitrogen and oxygen atoms in total. The fourth-order valence-corrected chi connectivity index (χ4v) is 2.00. The van der Waals surface area contributed by atoms with Crippen molar-refractivity contribution in [3.63, 3.8) is 0 Å². The Hall–Kier alpha value is -2.69. The molecule has 0 radical (unpaired) electrons. The van der Waals surface area contributed by atoms with Crippen molar-refractivity contribution < 1.29 is 9.59 Å². The van der Waals surface area contributed by atoms with Crippen molar-refractivity contribution in [2.75, 3.05) is 5.32 Å². The van der Waals surface area contributed by atoms with Gasteiger partial charge in [0.05, 0.1) is 0 Å². The molecule has 0 aliphatic heterocycles. The smallest absolute Gasteiger partial charge is 0.314 e. The molecule has 1 atom stereocenters. The second-order valence-corrected chi connectivity index (χ2v) is 5.07. The van der Waals surface area contributed by atoms with Crippen LogP contribution in [0.4, 0.5) is 5.82 Å². The highest BCUT2D eigenvalue weighted by molar-refractivity contribution is 6.39.